The van der Waals surface area contributed by atoms with Crippen molar-refractivity contribution < 1.29 is 18.0 Å². The fourth-order valence-corrected chi connectivity index (χ4v) is 1.42. The van der Waals surface area contributed by atoms with Crippen LogP contribution < -0.4 is 10.6 Å². The number of hydrogen-bond acceptors (Lipinski definition) is 2. The summed E-state index contributed by atoms with van der Waals surface area (Å²) in [7, 11) is 0. The van der Waals surface area contributed by atoms with E-state index in [0.29, 0.717) is 12.2 Å². The molecule has 0 aliphatic carbocycles. The van der Waals surface area contributed by atoms with E-state index in [4.69, 9.17) is 11.6 Å². The van der Waals surface area contributed by atoms with Crippen LogP contribution in [0.1, 0.15) is 12.5 Å². The zero-order valence-corrected chi connectivity index (χ0v) is 11.0. The molecule has 1 amide bonds. The molecule has 1 unspecified atom stereocenters. The van der Waals surface area contributed by atoms with Gasteiger partial charge in [-0.1, -0.05) is 6.07 Å². The minimum atomic E-state index is -4.36. The molecule has 0 aliphatic heterocycles. The van der Waals surface area contributed by atoms with Crippen molar-refractivity contribution in [3.63, 3.8) is 0 Å². The molecule has 1 atom stereocenters. The van der Waals surface area contributed by atoms with Crippen molar-refractivity contribution in [3.05, 3.63) is 29.8 Å². The van der Waals surface area contributed by atoms with E-state index in [2.05, 4.69) is 10.6 Å². The molecular formula is C12H14ClF3N2O. The summed E-state index contributed by atoms with van der Waals surface area (Å²) in [6.07, 6.45) is -4.36. The minimum Gasteiger partial charge on any atom is -0.383 e. The Hall–Kier alpha value is -1.43. The molecule has 19 heavy (non-hydrogen) atoms. The number of rotatable bonds is 5. The van der Waals surface area contributed by atoms with E-state index in [-0.39, 0.29) is 12.5 Å². The summed E-state index contributed by atoms with van der Waals surface area (Å²) in [5.74, 6) is -0.312. The Kier molecular flexibility index (Phi) is 5.47. The number of carbonyl (C=O) groups is 1. The van der Waals surface area contributed by atoms with E-state index < -0.39 is 17.1 Å². The maximum Gasteiger partial charge on any atom is 0.416 e. The van der Waals surface area contributed by atoms with Gasteiger partial charge in [-0.15, -0.1) is 11.6 Å². The van der Waals surface area contributed by atoms with Crippen LogP contribution in [0.5, 0.6) is 0 Å². The zero-order chi connectivity index (χ0) is 14.5. The number of amides is 1. The first kappa shape index (κ1) is 15.6. The first-order chi connectivity index (χ1) is 8.80. The third-order valence-electron chi connectivity index (χ3n) is 2.30. The van der Waals surface area contributed by atoms with Gasteiger partial charge in [0.1, 0.15) is 5.38 Å². The molecule has 0 radical (unpaired) electrons. The molecule has 0 bridgehead atoms. The number of anilines is 1. The van der Waals surface area contributed by atoms with Crippen molar-refractivity contribution in [2.45, 2.75) is 18.5 Å². The van der Waals surface area contributed by atoms with Gasteiger partial charge in [0.05, 0.1) is 5.56 Å². The number of nitrogens with one attached hydrogen (secondary N) is 2. The lowest BCUT2D eigenvalue weighted by molar-refractivity contribution is -0.137. The average Bonchev–Trinajstić information content (AvgIpc) is 2.33. The van der Waals surface area contributed by atoms with Crippen LogP contribution >= 0.6 is 11.6 Å². The summed E-state index contributed by atoms with van der Waals surface area (Å²) >= 11 is 5.54. The smallest absolute Gasteiger partial charge is 0.383 e. The van der Waals surface area contributed by atoms with Gasteiger partial charge in [-0.05, 0) is 25.1 Å². The SMILES string of the molecule is CC(Cl)C(=O)NCCNc1cccc(C(F)(F)F)c1. The number of halogens is 4. The maximum atomic E-state index is 12.5. The second kappa shape index (κ2) is 6.65. The topological polar surface area (TPSA) is 41.1 Å². The molecule has 1 aromatic carbocycles. The van der Waals surface area contributed by atoms with Gasteiger partial charge in [0.25, 0.3) is 0 Å². The largest absolute Gasteiger partial charge is 0.416 e. The van der Waals surface area contributed by atoms with Gasteiger partial charge < -0.3 is 10.6 Å². The molecular weight excluding hydrogens is 281 g/mol. The summed E-state index contributed by atoms with van der Waals surface area (Å²) in [4.78, 5) is 11.1. The van der Waals surface area contributed by atoms with Crippen molar-refractivity contribution in [1.82, 2.24) is 5.32 Å². The summed E-state index contributed by atoms with van der Waals surface area (Å²) < 4.78 is 37.4. The van der Waals surface area contributed by atoms with Crippen LogP contribution in [0.25, 0.3) is 0 Å². The first-order valence-corrected chi connectivity index (χ1v) is 6.07. The van der Waals surface area contributed by atoms with Crippen LogP contribution in [0.3, 0.4) is 0 Å². The molecule has 0 aromatic heterocycles. The Bertz CT molecular complexity index is 435. The Balaban J connectivity index is 2.44. The second-order valence-corrected chi connectivity index (χ2v) is 4.57. The van der Waals surface area contributed by atoms with Crippen LogP contribution in [0.2, 0.25) is 0 Å². The molecule has 106 valence electrons. The monoisotopic (exact) mass is 294 g/mol. The highest BCUT2D eigenvalue weighted by atomic mass is 35.5. The molecule has 0 saturated heterocycles. The van der Waals surface area contributed by atoms with Gasteiger partial charge >= 0.3 is 6.18 Å². The summed E-state index contributed by atoms with van der Waals surface area (Å²) in [5.41, 5.74) is -0.362. The second-order valence-electron chi connectivity index (χ2n) is 3.91. The van der Waals surface area contributed by atoms with E-state index in [1.54, 1.807) is 0 Å². The molecule has 0 aliphatic rings. The Labute approximate surface area is 114 Å². The van der Waals surface area contributed by atoms with Crippen LogP contribution in [-0.4, -0.2) is 24.4 Å². The highest BCUT2D eigenvalue weighted by Gasteiger charge is 2.30. The van der Waals surface area contributed by atoms with Crippen LogP contribution in [0.4, 0.5) is 18.9 Å². The Morgan fingerprint density at radius 2 is 2.05 bits per heavy atom. The Morgan fingerprint density at radius 1 is 1.37 bits per heavy atom. The summed E-state index contributed by atoms with van der Waals surface area (Å²) in [6.45, 7) is 2.14. The Morgan fingerprint density at radius 3 is 2.63 bits per heavy atom. The summed E-state index contributed by atoms with van der Waals surface area (Å²) in [5, 5.41) is 4.70. The summed E-state index contributed by atoms with van der Waals surface area (Å²) in [6, 6.07) is 4.87. The zero-order valence-electron chi connectivity index (χ0n) is 10.2. The third kappa shape index (κ3) is 5.38. The van der Waals surface area contributed by atoms with Gasteiger partial charge in [-0.25, -0.2) is 0 Å². The molecule has 1 aromatic rings. The quantitative estimate of drug-likeness (QED) is 0.648. The number of benzene rings is 1. The van der Waals surface area contributed by atoms with E-state index in [0.717, 1.165) is 12.1 Å². The lowest BCUT2D eigenvalue weighted by atomic mass is 10.2. The van der Waals surface area contributed by atoms with E-state index >= 15 is 0 Å². The van der Waals surface area contributed by atoms with Crippen LogP contribution in [0, 0.1) is 0 Å². The lowest BCUT2D eigenvalue weighted by Gasteiger charge is -2.11. The van der Waals surface area contributed by atoms with Gasteiger partial charge in [-0.2, -0.15) is 13.2 Å². The first-order valence-electron chi connectivity index (χ1n) is 5.63. The van der Waals surface area contributed by atoms with Gasteiger partial charge in [0.2, 0.25) is 5.91 Å². The van der Waals surface area contributed by atoms with Crippen molar-refractivity contribution in [3.8, 4) is 0 Å². The normalized spacial score (nSPS) is 12.9. The van der Waals surface area contributed by atoms with Crippen molar-refractivity contribution >= 4 is 23.2 Å². The number of alkyl halides is 4. The van der Waals surface area contributed by atoms with Crippen LogP contribution in [-0.2, 0) is 11.0 Å². The van der Waals surface area contributed by atoms with Gasteiger partial charge in [0.15, 0.2) is 0 Å². The van der Waals surface area contributed by atoms with E-state index in [9.17, 15) is 18.0 Å². The molecule has 1 rings (SSSR count). The number of carbonyl (C=O) groups excluding carboxylic acids is 1. The lowest BCUT2D eigenvalue weighted by Crippen LogP contribution is -2.33. The molecule has 0 saturated carbocycles. The minimum absolute atomic E-state index is 0.284. The average molecular weight is 295 g/mol. The molecule has 0 spiro atoms. The van der Waals surface area contributed by atoms with Crippen LogP contribution in [0.15, 0.2) is 24.3 Å². The van der Waals surface area contributed by atoms with E-state index in [1.165, 1.54) is 19.1 Å². The fraction of sp³-hybridized carbons (Fsp3) is 0.417. The molecule has 3 nitrogen and oxygen atoms in total. The number of hydrogen-bond donors (Lipinski definition) is 2. The standard InChI is InChI=1S/C12H14ClF3N2O/c1-8(13)11(19)18-6-5-17-10-4-2-3-9(7-10)12(14,15)16/h2-4,7-8,17H,5-6H2,1H3,(H,18,19). The molecule has 0 heterocycles. The molecule has 7 heteroatoms. The third-order valence-corrected chi connectivity index (χ3v) is 2.50. The van der Waals surface area contributed by atoms with Crippen molar-refractivity contribution in [1.29, 1.82) is 0 Å². The van der Waals surface area contributed by atoms with Crippen molar-refractivity contribution in [2.75, 3.05) is 18.4 Å². The molecule has 2 N–H and O–H groups in total. The van der Waals surface area contributed by atoms with E-state index in [1.807, 2.05) is 0 Å². The van der Waals surface area contributed by atoms with Gasteiger partial charge in [0, 0.05) is 18.8 Å². The van der Waals surface area contributed by atoms with Gasteiger partial charge in [-0.3, -0.25) is 4.79 Å². The predicted molar refractivity (Wildman–Crippen MR) is 68.3 cm³/mol. The predicted octanol–water partition coefficient (Wildman–Crippen LogP) is 2.86. The highest BCUT2D eigenvalue weighted by molar-refractivity contribution is 6.30. The maximum absolute atomic E-state index is 12.5. The van der Waals surface area contributed by atoms with Crippen molar-refractivity contribution in [2.24, 2.45) is 0 Å². The fourth-order valence-electron chi connectivity index (χ4n) is 1.34. The highest BCUT2D eigenvalue weighted by Crippen LogP contribution is 2.30. The molecule has 0 fully saturated rings.